The van der Waals surface area contributed by atoms with Crippen LogP contribution in [0.25, 0.3) is 5.03 Å². The third-order valence-electron chi connectivity index (χ3n) is 2.22. The van der Waals surface area contributed by atoms with Crippen LogP contribution in [-0.4, -0.2) is 0 Å². The smallest absolute Gasteiger partial charge is 0.0412 e. The summed E-state index contributed by atoms with van der Waals surface area (Å²) in [5.74, 6) is 0. The Hall–Kier alpha value is -0.750. The van der Waals surface area contributed by atoms with Gasteiger partial charge in [-0.05, 0) is 43.0 Å². The minimum absolute atomic E-state index is 0.633. The predicted molar refractivity (Wildman–Crippen MR) is 55.5 cm³/mol. The zero-order valence-electron chi connectivity index (χ0n) is 7.74. The van der Waals surface area contributed by atoms with Gasteiger partial charge in [0.15, 0.2) is 0 Å². The Morgan fingerprint density at radius 3 is 2.08 bits per heavy atom. The monoisotopic (exact) mass is 180 g/mol. The summed E-state index contributed by atoms with van der Waals surface area (Å²) in [6, 6.07) is 4.18. The van der Waals surface area contributed by atoms with Crippen molar-refractivity contribution < 1.29 is 0 Å². The standard InChI is InChI=1S/C11H13Cl/c1-7-5-6-8(2)11(9(7)3)10(4)12/h5-6H,4H2,1-3H3. The highest BCUT2D eigenvalue weighted by molar-refractivity contribution is 6.48. The lowest BCUT2D eigenvalue weighted by Gasteiger charge is -2.10. The van der Waals surface area contributed by atoms with E-state index in [1.54, 1.807) is 0 Å². The average molecular weight is 181 g/mol. The summed E-state index contributed by atoms with van der Waals surface area (Å²) >= 11 is 5.89. The maximum Gasteiger partial charge on any atom is 0.0412 e. The van der Waals surface area contributed by atoms with Gasteiger partial charge in [0, 0.05) is 5.03 Å². The fraction of sp³-hybridized carbons (Fsp3) is 0.273. The lowest BCUT2D eigenvalue weighted by molar-refractivity contribution is 1.28. The Bertz CT molecular complexity index is 324. The number of hydrogen-bond acceptors (Lipinski definition) is 0. The van der Waals surface area contributed by atoms with Gasteiger partial charge in [0.05, 0.1) is 0 Å². The van der Waals surface area contributed by atoms with Crippen molar-refractivity contribution >= 4 is 16.6 Å². The molecule has 0 bridgehead atoms. The van der Waals surface area contributed by atoms with E-state index in [4.69, 9.17) is 11.6 Å². The molecule has 0 spiro atoms. The van der Waals surface area contributed by atoms with Crippen LogP contribution in [0.5, 0.6) is 0 Å². The topological polar surface area (TPSA) is 0 Å². The predicted octanol–water partition coefficient (Wildman–Crippen LogP) is 3.82. The molecule has 0 aliphatic rings. The number of hydrogen-bond donors (Lipinski definition) is 0. The second-order valence-corrected chi connectivity index (χ2v) is 3.56. The Morgan fingerprint density at radius 2 is 1.67 bits per heavy atom. The van der Waals surface area contributed by atoms with Crippen LogP contribution in [0.4, 0.5) is 0 Å². The van der Waals surface area contributed by atoms with Crippen LogP contribution >= 0.6 is 11.6 Å². The molecule has 0 unspecified atom stereocenters. The fourth-order valence-electron chi connectivity index (χ4n) is 1.37. The first-order chi connectivity index (χ1) is 5.54. The first kappa shape index (κ1) is 9.34. The van der Waals surface area contributed by atoms with Crippen LogP contribution < -0.4 is 0 Å². The van der Waals surface area contributed by atoms with Crippen molar-refractivity contribution in [2.75, 3.05) is 0 Å². The van der Waals surface area contributed by atoms with Crippen molar-refractivity contribution in [2.45, 2.75) is 20.8 Å². The van der Waals surface area contributed by atoms with E-state index < -0.39 is 0 Å². The lowest BCUT2D eigenvalue weighted by atomic mass is 9.98. The van der Waals surface area contributed by atoms with E-state index in [0.717, 1.165) is 5.56 Å². The molecule has 1 aromatic carbocycles. The molecule has 12 heavy (non-hydrogen) atoms. The molecule has 0 aromatic heterocycles. The zero-order chi connectivity index (χ0) is 9.30. The first-order valence-electron chi connectivity index (χ1n) is 3.95. The van der Waals surface area contributed by atoms with E-state index in [1.807, 2.05) is 0 Å². The van der Waals surface area contributed by atoms with E-state index in [1.165, 1.54) is 16.7 Å². The van der Waals surface area contributed by atoms with Crippen LogP contribution in [0.3, 0.4) is 0 Å². The minimum atomic E-state index is 0.633. The van der Waals surface area contributed by atoms with Crippen LogP contribution in [0.2, 0.25) is 0 Å². The molecule has 1 heteroatoms. The van der Waals surface area contributed by atoms with Crippen molar-refractivity contribution in [3.8, 4) is 0 Å². The summed E-state index contributed by atoms with van der Waals surface area (Å²) in [5.41, 5.74) is 4.78. The molecule has 0 atom stereocenters. The second-order valence-electron chi connectivity index (χ2n) is 3.10. The van der Waals surface area contributed by atoms with Crippen molar-refractivity contribution in [1.82, 2.24) is 0 Å². The fourth-order valence-corrected chi connectivity index (χ4v) is 1.66. The molecule has 0 saturated heterocycles. The van der Waals surface area contributed by atoms with Gasteiger partial charge in [-0.2, -0.15) is 0 Å². The number of aryl methyl sites for hydroxylation is 2. The van der Waals surface area contributed by atoms with Crippen LogP contribution in [0.15, 0.2) is 18.7 Å². The molecule has 0 aliphatic heterocycles. The van der Waals surface area contributed by atoms with Crippen molar-refractivity contribution in [2.24, 2.45) is 0 Å². The highest BCUT2D eigenvalue weighted by atomic mass is 35.5. The molecule has 1 aromatic rings. The highest BCUT2D eigenvalue weighted by Gasteiger charge is 2.05. The minimum Gasteiger partial charge on any atom is -0.0843 e. The number of benzene rings is 1. The number of rotatable bonds is 1. The second kappa shape index (κ2) is 3.32. The Morgan fingerprint density at radius 1 is 1.17 bits per heavy atom. The van der Waals surface area contributed by atoms with Gasteiger partial charge in [-0.3, -0.25) is 0 Å². The summed E-state index contributed by atoms with van der Waals surface area (Å²) in [7, 11) is 0. The van der Waals surface area contributed by atoms with Gasteiger partial charge in [0.25, 0.3) is 0 Å². The molecule has 64 valence electrons. The number of halogens is 1. The van der Waals surface area contributed by atoms with E-state index in [9.17, 15) is 0 Å². The van der Waals surface area contributed by atoms with Crippen LogP contribution in [-0.2, 0) is 0 Å². The highest BCUT2D eigenvalue weighted by Crippen LogP contribution is 2.26. The van der Waals surface area contributed by atoms with E-state index in [2.05, 4.69) is 39.5 Å². The van der Waals surface area contributed by atoms with Gasteiger partial charge >= 0.3 is 0 Å². The third kappa shape index (κ3) is 1.54. The first-order valence-corrected chi connectivity index (χ1v) is 4.33. The molecular weight excluding hydrogens is 168 g/mol. The summed E-state index contributed by atoms with van der Waals surface area (Å²) in [4.78, 5) is 0. The normalized spacial score (nSPS) is 10.0. The zero-order valence-corrected chi connectivity index (χ0v) is 8.50. The molecule has 0 aliphatic carbocycles. The van der Waals surface area contributed by atoms with Gasteiger partial charge in [-0.1, -0.05) is 30.3 Å². The average Bonchev–Trinajstić information content (AvgIpc) is 1.97. The molecule has 1 rings (SSSR count). The molecule has 0 fully saturated rings. The van der Waals surface area contributed by atoms with Gasteiger partial charge in [-0.15, -0.1) is 0 Å². The van der Waals surface area contributed by atoms with Crippen LogP contribution in [0.1, 0.15) is 22.3 Å². The molecule has 0 amide bonds. The molecular formula is C11H13Cl. The Balaban J connectivity index is 3.43. The van der Waals surface area contributed by atoms with Gasteiger partial charge in [0.1, 0.15) is 0 Å². The molecule has 0 radical (unpaired) electrons. The molecule has 0 nitrogen and oxygen atoms in total. The largest absolute Gasteiger partial charge is 0.0843 e. The third-order valence-corrected chi connectivity index (χ3v) is 2.40. The molecule has 0 heterocycles. The van der Waals surface area contributed by atoms with Crippen molar-refractivity contribution in [3.05, 3.63) is 41.0 Å². The molecule has 0 N–H and O–H groups in total. The van der Waals surface area contributed by atoms with E-state index in [0.29, 0.717) is 5.03 Å². The molecule has 0 saturated carbocycles. The summed E-state index contributed by atoms with van der Waals surface area (Å²) in [5, 5.41) is 0.633. The van der Waals surface area contributed by atoms with Gasteiger partial charge < -0.3 is 0 Å². The van der Waals surface area contributed by atoms with Gasteiger partial charge in [0.2, 0.25) is 0 Å². The van der Waals surface area contributed by atoms with Crippen LogP contribution in [0, 0.1) is 20.8 Å². The van der Waals surface area contributed by atoms with Crippen molar-refractivity contribution in [3.63, 3.8) is 0 Å². The van der Waals surface area contributed by atoms with E-state index in [-0.39, 0.29) is 0 Å². The quantitative estimate of drug-likeness (QED) is 0.617. The summed E-state index contributed by atoms with van der Waals surface area (Å²) in [6.07, 6.45) is 0. The lowest BCUT2D eigenvalue weighted by Crippen LogP contribution is -1.91. The summed E-state index contributed by atoms with van der Waals surface area (Å²) in [6.45, 7) is 9.96. The SMILES string of the molecule is C=C(Cl)c1c(C)ccc(C)c1C. The summed E-state index contributed by atoms with van der Waals surface area (Å²) < 4.78 is 0. The van der Waals surface area contributed by atoms with E-state index >= 15 is 0 Å². The Kier molecular flexibility index (Phi) is 2.58. The Labute approximate surface area is 78.9 Å². The van der Waals surface area contributed by atoms with Crippen molar-refractivity contribution in [1.29, 1.82) is 0 Å². The maximum atomic E-state index is 5.89. The van der Waals surface area contributed by atoms with Gasteiger partial charge in [-0.25, -0.2) is 0 Å². The maximum absolute atomic E-state index is 5.89.